The maximum absolute atomic E-state index is 12.4. The molecular weight excluding hydrogens is 294 g/mol. The van der Waals surface area contributed by atoms with Gasteiger partial charge in [0.2, 0.25) is 0 Å². The highest BCUT2D eigenvalue weighted by molar-refractivity contribution is 6.33. The summed E-state index contributed by atoms with van der Waals surface area (Å²) in [6.07, 6.45) is 2.06. The molecule has 6 nitrogen and oxygen atoms in total. The van der Waals surface area contributed by atoms with E-state index in [2.05, 4.69) is 5.32 Å². The molecule has 21 heavy (non-hydrogen) atoms. The average Bonchev–Trinajstić information content (AvgIpc) is 2.47. The highest BCUT2D eigenvalue weighted by Crippen LogP contribution is 2.24. The Labute approximate surface area is 128 Å². The van der Waals surface area contributed by atoms with Crippen molar-refractivity contribution < 1.29 is 9.72 Å². The van der Waals surface area contributed by atoms with Crippen molar-refractivity contribution in [3.05, 3.63) is 38.9 Å². The lowest BCUT2D eigenvalue weighted by molar-refractivity contribution is -0.384. The molecule has 1 amide bonds. The number of carbonyl (C=O) groups is 1. The van der Waals surface area contributed by atoms with Crippen LogP contribution in [0.1, 0.15) is 23.2 Å². The first-order valence-corrected chi connectivity index (χ1v) is 7.27. The molecule has 0 aromatic heterocycles. The summed E-state index contributed by atoms with van der Waals surface area (Å²) in [5.74, 6) is 0.180. The summed E-state index contributed by atoms with van der Waals surface area (Å²) in [7, 11) is 1.71. The van der Waals surface area contributed by atoms with E-state index >= 15 is 0 Å². The highest BCUT2D eigenvalue weighted by Gasteiger charge is 2.22. The molecule has 0 saturated carbocycles. The van der Waals surface area contributed by atoms with Crippen LogP contribution in [0, 0.1) is 16.0 Å². The fourth-order valence-electron chi connectivity index (χ4n) is 2.53. The van der Waals surface area contributed by atoms with E-state index in [1.54, 1.807) is 11.9 Å². The Morgan fingerprint density at radius 1 is 1.48 bits per heavy atom. The van der Waals surface area contributed by atoms with Gasteiger partial charge < -0.3 is 10.2 Å². The van der Waals surface area contributed by atoms with Crippen molar-refractivity contribution in [1.29, 1.82) is 0 Å². The topological polar surface area (TPSA) is 75.5 Å². The first-order valence-electron chi connectivity index (χ1n) is 6.89. The van der Waals surface area contributed by atoms with Crippen LogP contribution in [0.25, 0.3) is 0 Å². The van der Waals surface area contributed by atoms with E-state index in [9.17, 15) is 14.9 Å². The first-order chi connectivity index (χ1) is 9.99. The van der Waals surface area contributed by atoms with Crippen LogP contribution in [0.5, 0.6) is 0 Å². The molecule has 2 rings (SSSR count). The largest absolute Gasteiger partial charge is 0.341 e. The monoisotopic (exact) mass is 311 g/mol. The number of nitro benzene ring substituents is 1. The van der Waals surface area contributed by atoms with Gasteiger partial charge in [0.15, 0.2) is 0 Å². The number of hydrogen-bond acceptors (Lipinski definition) is 4. The van der Waals surface area contributed by atoms with Crippen molar-refractivity contribution in [3.8, 4) is 0 Å². The fourth-order valence-corrected chi connectivity index (χ4v) is 2.73. The molecule has 1 aliphatic heterocycles. The summed E-state index contributed by atoms with van der Waals surface area (Å²) in [6.45, 7) is 2.56. The third kappa shape index (κ3) is 3.92. The summed E-state index contributed by atoms with van der Waals surface area (Å²) in [4.78, 5) is 24.3. The second-order valence-electron chi connectivity index (χ2n) is 5.30. The van der Waals surface area contributed by atoms with Gasteiger partial charge in [0.1, 0.15) is 0 Å². The zero-order valence-electron chi connectivity index (χ0n) is 11.8. The molecule has 7 heteroatoms. The molecule has 1 N–H and O–H groups in total. The predicted octanol–water partition coefficient (Wildman–Crippen LogP) is 2.32. The Hall–Kier alpha value is -1.66. The Kier molecular flexibility index (Phi) is 5.14. The van der Waals surface area contributed by atoms with Crippen LogP contribution in [0.15, 0.2) is 18.2 Å². The minimum Gasteiger partial charge on any atom is -0.341 e. The van der Waals surface area contributed by atoms with Gasteiger partial charge in [0, 0.05) is 25.7 Å². The lowest BCUT2D eigenvalue weighted by Crippen LogP contribution is -2.37. The number of nitro groups is 1. The standard InChI is InChI=1S/C14H18ClN3O3/c1-17(9-10-4-6-16-7-5-10)14(19)12-8-11(18(20)21)2-3-13(12)15/h2-3,8,10,16H,4-7,9H2,1H3. The molecule has 1 aromatic rings. The second-order valence-corrected chi connectivity index (χ2v) is 5.71. The molecule has 0 unspecified atom stereocenters. The van der Waals surface area contributed by atoms with Crippen molar-refractivity contribution in [2.24, 2.45) is 5.92 Å². The van der Waals surface area contributed by atoms with Gasteiger partial charge in [-0.3, -0.25) is 14.9 Å². The van der Waals surface area contributed by atoms with Crippen molar-refractivity contribution in [1.82, 2.24) is 10.2 Å². The molecular formula is C14H18ClN3O3. The van der Waals surface area contributed by atoms with E-state index in [1.807, 2.05) is 0 Å². The van der Waals surface area contributed by atoms with E-state index in [0.29, 0.717) is 12.5 Å². The van der Waals surface area contributed by atoms with Crippen LogP contribution in [0.4, 0.5) is 5.69 Å². The van der Waals surface area contributed by atoms with Crippen LogP contribution in [0.3, 0.4) is 0 Å². The SMILES string of the molecule is CN(CC1CCNCC1)C(=O)c1cc([N+](=O)[O-])ccc1Cl. The fraction of sp³-hybridized carbons (Fsp3) is 0.500. The number of non-ortho nitro benzene ring substituents is 1. The molecule has 1 saturated heterocycles. The number of benzene rings is 1. The lowest BCUT2D eigenvalue weighted by atomic mass is 9.97. The molecule has 1 heterocycles. The van der Waals surface area contributed by atoms with E-state index in [0.717, 1.165) is 25.9 Å². The number of piperidine rings is 1. The molecule has 0 bridgehead atoms. The summed E-state index contributed by atoms with van der Waals surface area (Å²) in [5, 5.41) is 14.3. The van der Waals surface area contributed by atoms with E-state index in [1.165, 1.54) is 18.2 Å². The molecule has 0 spiro atoms. The number of hydrogen-bond donors (Lipinski definition) is 1. The Balaban J connectivity index is 2.10. The van der Waals surface area contributed by atoms with Crippen LogP contribution >= 0.6 is 11.6 Å². The van der Waals surface area contributed by atoms with Crippen molar-refractivity contribution in [2.75, 3.05) is 26.7 Å². The Bertz CT molecular complexity index is 544. The van der Waals surface area contributed by atoms with E-state index in [-0.39, 0.29) is 22.2 Å². The number of carbonyl (C=O) groups excluding carboxylic acids is 1. The molecule has 1 fully saturated rings. The molecule has 0 atom stereocenters. The maximum Gasteiger partial charge on any atom is 0.270 e. The molecule has 1 aromatic carbocycles. The number of amides is 1. The quantitative estimate of drug-likeness (QED) is 0.684. The minimum atomic E-state index is -0.528. The predicted molar refractivity (Wildman–Crippen MR) is 80.7 cm³/mol. The first kappa shape index (κ1) is 15.7. The minimum absolute atomic E-state index is 0.127. The van der Waals surface area contributed by atoms with Gasteiger partial charge in [-0.2, -0.15) is 0 Å². The summed E-state index contributed by atoms with van der Waals surface area (Å²) in [6, 6.07) is 3.93. The number of nitrogens with zero attached hydrogens (tertiary/aromatic N) is 2. The van der Waals surface area contributed by atoms with Crippen molar-refractivity contribution in [3.63, 3.8) is 0 Å². The van der Waals surface area contributed by atoms with Gasteiger partial charge in [0.05, 0.1) is 15.5 Å². The molecule has 1 aliphatic rings. The van der Waals surface area contributed by atoms with Gasteiger partial charge >= 0.3 is 0 Å². The van der Waals surface area contributed by atoms with Gasteiger partial charge in [0.25, 0.3) is 11.6 Å². The van der Waals surface area contributed by atoms with Crippen LogP contribution in [-0.4, -0.2) is 42.4 Å². The van der Waals surface area contributed by atoms with E-state index in [4.69, 9.17) is 11.6 Å². The van der Waals surface area contributed by atoms with Crippen LogP contribution < -0.4 is 5.32 Å². The summed E-state index contributed by atoms with van der Waals surface area (Å²) < 4.78 is 0. The third-order valence-corrected chi connectivity index (χ3v) is 4.06. The van der Waals surface area contributed by atoms with Gasteiger partial charge in [-0.15, -0.1) is 0 Å². The average molecular weight is 312 g/mol. The van der Waals surface area contributed by atoms with Gasteiger partial charge in [-0.25, -0.2) is 0 Å². The number of halogens is 1. The van der Waals surface area contributed by atoms with E-state index < -0.39 is 4.92 Å². The van der Waals surface area contributed by atoms with Crippen LogP contribution in [-0.2, 0) is 0 Å². The number of rotatable bonds is 4. The normalized spacial score (nSPS) is 15.7. The van der Waals surface area contributed by atoms with Crippen LogP contribution in [0.2, 0.25) is 5.02 Å². The highest BCUT2D eigenvalue weighted by atomic mass is 35.5. The third-order valence-electron chi connectivity index (χ3n) is 3.73. The Morgan fingerprint density at radius 2 is 2.14 bits per heavy atom. The molecule has 114 valence electrons. The molecule has 0 aliphatic carbocycles. The second kappa shape index (κ2) is 6.87. The zero-order valence-corrected chi connectivity index (χ0v) is 12.6. The summed E-state index contributed by atoms with van der Waals surface area (Å²) >= 11 is 6.00. The maximum atomic E-state index is 12.4. The van der Waals surface area contributed by atoms with Gasteiger partial charge in [-0.1, -0.05) is 11.6 Å². The zero-order chi connectivity index (χ0) is 15.4. The smallest absolute Gasteiger partial charge is 0.270 e. The summed E-state index contributed by atoms with van der Waals surface area (Å²) in [5.41, 5.74) is 0.0558. The van der Waals surface area contributed by atoms with Crippen molar-refractivity contribution in [2.45, 2.75) is 12.8 Å². The number of nitrogens with one attached hydrogen (secondary N) is 1. The Morgan fingerprint density at radius 3 is 2.76 bits per heavy atom. The lowest BCUT2D eigenvalue weighted by Gasteiger charge is -2.27. The van der Waals surface area contributed by atoms with Crippen molar-refractivity contribution >= 4 is 23.2 Å². The van der Waals surface area contributed by atoms with Gasteiger partial charge in [-0.05, 0) is 37.9 Å². The molecule has 0 radical (unpaired) electrons.